The molecule has 0 saturated heterocycles. The highest BCUT2D eigenvalue weighted by atomic mass is 32.2. The quantitative estimate of drug-likeness (QED) is 0.340. The van der Waals surface area contributed by atoms with Crippen molar-refractivity contribution in [3.8, 4) is 5.75 Å². The van der Waals surface area contributed by atoms with E-state index in [1.54, 1.807) is 25.1 Å². The lowest BCUT2D eigenvalue weighted by atomic mass is 10.1. The van der Waals surface area contributed by atoms with Crippen LogP contribution in [0.15, 0.2) is 23.2 Å². The summed E-state index contributed by atoms with van der Waals surface area (Å²) in [5, 5.41) is 2.76. The zero-order valence-electron chi connectivity index (χ0n) is 22.0. The van der Waals surface area contributed by atoms with Crippen LogP contribution in [0.1, 0.15) is 34.1 Å². The molecule has 0 unspecified atom stereocenters. The number of benzene rings is 1. The fourth-order valence-corrected chi connectivity index (χ4v) is 7.65. The van der Waals surface area contributed by atoms with Gasteiger partial charge in [-0.1, -0.05) is 11.3 Å². The Morgan fingerprint density at radius 2 is 1.88 bits per heavy atom. The molecule has 1 aliphatic carbocycles. The Balaban J connectivity index is 1.52. The third-order valence-electron chi connectivity index (χ3n) is 5.97. The number of hydrogen-bond acceptors (Lipinski definition) is 11. The summed E-state index contributed by atoms with van der Waals surface area (Å²) < 4.78 is 42.6. The average molecular weight is 610 g/mol. The number of rotatable bonds is 10. The molecule has 0 spiro atoms. The molecular weight excluding hydrogens is 582 g/mol. The molecule has 0 radical (unpaired) electrons. The summed E-state index contributed by atoms with van der Waals surface area (Å²) in [5.41, 5.74) is 1.65. The zero-order chi connectivity index (χ0) is 29.0. The molecule has 0 bridgehead atoms. The largest absolute Gasteiger partial charge is 0.497 e. The van der Waals surface area contributed by atoms with Crippen molar-refractivity contribution in [2.24, 2.45) is 4.99 Å². The molecule has 1 aromatic carbocycles. The van der Waals surface area contributed by atoms with Crippen molar-refractivity contribution in [1.29, 1.82) is 0 Å². The maximum Gasteiger partial charge on any atom is 0.341 e. The summed E-state index contributed by atoms with van der Waals surface area (Å²) in [5.74, 6) is -4.51. The number of nitrogens with one attached hydrogen (secondary N) is 1. The van der Waals surface area contributed by atoms with Gasteiger partial charge in [-0.05, 0) is 49.9 Å². The number of methoxy groups -OCH3 is 2. The van der Waals surface area contributed by atoms with Crippen molar-refractivity contribution in [2.45, 2.75) is 32.7 Å². The van der Waals surface area contributed by atoms with Gasteiger partial charge >= 0.3 is 11.9 Å². The van der Waals surface area contributed by atoms with E-state index in [-0.39, 0.29) is 28.5 Å². The molecule has 3 aromatic rings. The summed E-state index contributed by atoms with van der Waals surface area (Å²) in [7, 11) is -1.51. The first-order valence-corrected chi connectivity index (χ1v) is 15.6. The lowest BCUT2D eigenvalue weighted by molar-refractivity contribution is -0.141. The van der Waals surface area contributed by atoms with Gasteiger partial charge in [0.2, 0.25) is 5.91 Å². The van der Waals surface area contributed by atoms with E-state index in [0.29, 0.717) is 22.4 Å². The standard InChI is InChI=1S/C25H27N3O9S3/c1-4-37-24(32)22-15-6-5-7-17(15)38-23(22)26-19(29)12-40(33,34)13-20(30)27-25-28(11-21(31)36-3)16-9-8-14(35-2)10-18(16)39-25/h8-10H,4-7,11-13H2,1-3H3,(H,26,29). The average Bonchev–Trinajstić information content (AvgIpc) is 3.56. The van der Waals surface area contributed by atoms with E-state index in [2.05, 4.69) is 10.3 Å². The number of anilines is 1. The van der Waals surface area contributed by atoms with Crippen molar-refractivity contribution < 1.29 is 41.8 Å². The van der Waals surface area contributed by atoms with E-state index >= 15 is 0 Å². The van der Waals surface area contributed by atoms with Crippen molar-refractivity contribution in [1.82, 2.24) is 4.57 Å². The molecule has 0 aliphatic heterocycles. The van der Waals surface area contributed by atoms with Crippen molar-refractivity contribution in [3.63, 3.8) is 0 Å². The number of carbonyl (C=O) groups is 4. The van der Waals surface area contributed by atoms with E-state index in [4.69, 9.17) is 14.2 Å². The number of carbonyl (C=O) groups excluding carboxylic acids is 4. The number of thiazole rings is 1. The zero-order valence-corrected chi connectivity index (χ0v) is 24.4. The van der Waals surface area contributed by atoms with Crippen LogP contribution in [0.25, 0.3) is 10.2 Å². The minimum Gasteiger partial charge on any atom is -0.497 e. The van der Waals surface area contributed by atoms with E-state index < -0.39 is 45.1 Å². The van der Waals surface area contributed by atoms with E-state index in [9.17, 15) is 27.6 Å². The minimum atomic E-state index is -4.22. The second kappa shape index (κ2) is 12.3. The fraction of sp³-hybridized carbons (Fsp3) is 0.400. The summed E-state index contributed by atoms with van der Waals surface area (Å²) in [6.07, 6.45) is 2.32. The van der Waals surface area contributed by atoms with Gasteiger partial charge in [0, 0.05) is 4.88 Å². The number of esters is 2. The van der Waals surface area contributed by atoms with Crippen LogP contribution in [0.4, 0.5) is 5.00 Å². The van der Waals surface area contributed by atoms with Crippen LogP contribution in [0.2, 0.25) is 0 Å². The SMILES string of the molecule is CCOC(=O)c1c(NC(=O)CS(=O)(=O)CC(=O)N=c2sc3cc(OC)ccc3n2CC(=O)OC)sc2c1CCC2. The Hall–Kier alpha value is -3.56. The molecule has 4 rings (SSSR count). The summed E-state index contributed by atoms with van der Waals surface area (Å²) >= 11 is 2.29. The Morgan fingerprint density at radius 3 is 2.58 bits per heavy atom. The van der Waals surface area contributed by atoms with Crippen LogP contribution in [0, 0.1) is 0 Å². The highest BCUT2D eigenvalue weighted by Crippen LogP contribution is 2.39. The van der Waals surface area contributed by atoms with E-state index in [0.717, 1.165) is 34.6 Å². The number of sulfone groups is 1. The lowest BCUT2D eigenvalue weighted by Gasteiger charge is -2.08. The van der Waals surface area contributed by atoms with Gasteiger partial charge in [0.1, 0.15) is 28.8 Å². The maximum atomic E-state index is 12.7. The van der Waals surface area contributed by atoms with Crippen LogP contribution in [-0.4, -0.2) is 69.1 Å². The number of thiophene rings is 1. The Labute approximate surface area is 237 Å². The Bertz CT molecular complexity index is 1670. The van der Waals surface area contributed by atoms with Crippen LogP contribution in [0.5, 0.6) is 5.75 Å². The Morgan fingerprint density at radius 1 is 1.10 bits per heavy atom. The van der Waals surface area contributed by atoms with Gasteiger partial charge in [-0.15, -0.1) is 11.3 Å². The predicted octanol–water partition coefficient (Wildman–Crippen LogP) is 2.09. The highest BCUT2D eigenvalue weighted by Gasteiger charge is 2.29. The third-order valence-corrected chi connectivity index (χ3v) is 9.61. The molecule has 1 aliphatic rings. The molecule has 0 atom stereocenters. The first-order valence-electron chi connectivity index (χ1n) is 12.2. The van der Waals surface area contributed by atoms with E-state index in [1.807, 2.05) is 0 Å². The number of ether oxygens (including phenoxy) is 3. The topological polar surface area (TPSA) is 159 Å². The predicted molar refractivity (Wildman–Crippen MR) is 149 cm³/mol. The van der Waals surface area contributed by atoms with Crippen molar-refractivity contribution in [2.75, 3.05) is 37.6 Å². The van der Waals surface area contributed by atoms with Gasteiger partial charge in [0.25, 0.3) is 5.91 Å². The van der Waals surface area contributed by atoms with Gasteiger partial charge in [0.15, 0.2) is 14.6 Å². The molecular formula is C25H27N3O9S3. The van der Waals surface area contributed by atoms with Gasteiger partial charge in [0.05, 0.1) is 36.6 Å². The van der Waals surface area contributed by atoms with Gasteiger partial charge < -0.3 is 24.1 Å². The molecule has 15 heteroatoms. The first kappa shape index (κ1) is 29.4. The Kier molecular flexibility index (Phi) is 9.05. The summed E-state index contributed by atoms with van der Waals surface area (Å²) in [6, 6.07) is 5.06. The number of aryl methyl sites for hydroxylation is 1. The molecule has 40 heavy (non-hydrogen) atoms. The fourth-order valence-electron chi connectivity index (χ4n) is 4.26. The van der Waals surface area contributed by atoms with E-state index in [1.165, 1.54) is 30.1 Å². The molecule has 2 amide bonds. The number of fused-ring (bicyclic) bond motifs is 2. The molecule has 0 saturated carbocycles. The van der Waals surface area contributed by atoms with Crippen LogP contribution in [-0.2, 0) is 53.1 Å². The monoisotopic (exact) mass is 609 g/mol. The second-order valence-electron chi connectivity index (χ2n) is 8.75. The van der Waals surface area contributed by atoms with Gasteiger partial charge in [-0.2, -0.15) is 4.99 Å². The minimum absolute atomic E-state index is 0.0884. The number of nitrogens with zero attached hydrogens (tertiary/aromatic N) is 2. The lowest BCUT2D eigenvalue weighted by Crippen LogP contribution is -2.29. The maximum absolute atomic E-state index is 12.7. The molecule has 2 aromatic heterocycles. The molecule has 214 valence electrons. The van der Waals surface area contributed by atoms with Crippen molar-refractivity contribution in [3.05, 3.63) is 39.0 Å². The van der Waals surface area contributed by atoms with Gasteiger partial charge in [-0.3, -0.25) is 14.4 Å². The number of hydrogen-bond donors (Lipinski definition) is 1. The van der Waals surface area contributed by atoms with Crippen LogP contribution < -0.4 is 14.9 Å². The molecule has 2 heterocycles. The summed E-state index contributed by atoms with van der Waals surface area (Å²) in [6.45, 7) is 1.57. The normalized spacial score (nSPS) is 13.2. The smallest absolute Gasteiger partial charge is 0.341 e. The van der Waals surface area contributed by atoms with Crippen LogP contribution in [0.3, 0.4) is 0 Å². The number of aromatic nitrogens is 1. The first-order chi connectivity index (χ1) is 19.0. The second-order valence-corrected chi connectivity index (χ2v) is 12.9. The molecule has 1 N–H and O–H groups in total. The van der Waals surface area contributed by atoms with Crippen LogP contribution >= 0.6 is 22.7 Å². The molecule has 0 fully saturated rings. The van der Waals surface area contributed by atoms with Gasteiger partial charge in [-0.25, -0.2) is 13.2 Å². The molecule has 12 nitrogen and oxygen atoms in total. The number of amides is 2. The third kappa shape index (κ3) is 6.59. The van der Waals surface area contributed by atoms with Crippen molar-refractivity contribution >= 4 is 71.5 Å². The summed E-state index contributed by atoms with van der Waals surface area (Å²) in [4.78, 5) is 54.8. The highest BCUT2D eigenvalue weighted by molar-refractivity contribution is 7.92.